The fraction of sp³-hybridized carbons (Fsp3) is 0.167. The molecule has 6 nitrogen and oxygen atoms in total. The first-order valence-electron chi connectivity index (χ1n) is 15.0. The van der Waals surface area contributed by atoms with Gasteiger partial charge in [-0.2, -0.15) is 0 Å². The normalized spacial score (nSPS) is 12.3. The van der Waals surface area contributed by atoms with Crippen LogP contribution in [0.15, 0.2) is 110 Å². The molecule has 0 spiro atoms. The lowest BCUT2D eigenvalue weighted by Crippen LogP contribution is -2.12. The second-order valence-electron chi connectivity index (χ2n) is 10.9. The van der Waals surface area contributed by atoms with E-state index in [9.17, 15) is 0 Å². The maximum absolute atomic E-state index is 6.37. The van der Waals surface area contributed by atoms with Crippen LogP contribution in [-0.2, 0) is 35.8 Å². The summed E-state index contributed by atoms with van der Waals surface area (Å²) in [6.07, 6.45) is 10.1. The van der Waals surface area contributed by atoms with Crippen LogP contribution in [0.25, 0.3) is 0 Å². The SMILES string of the molecule is Clc1ccc(COC(Cn2ccnc2)c2ccc(Cl)cc2Cl)c(Cl)c1.Clc1ccc(COC(Cn2ccnc2)c2ccc(Cl)cc2Cl)c(Cl)c1. The van der Waals surface area contributed by atoms with E-state index in [1.807, 2.05) is 45.8 Å². The Kier molecular flexibility index (Phi) is 14.6. The number of benzene rings is 4. The molecule has 6 aromatic rings. The Bertz CT molecular complexity index is 1850. The summed E-state index contributed by atoms with van der Waals surface area (Å²) in [6, 6.07) is 21.4. The van der Waals surface area contributed by atoms with Gasteiger partial charge in [0.2, 0.25) is 0 Å². The molecule has 14 heteroatoms. The molecule has 0 aliphatic rings. The summed E-state index contributed by atoms with van der Waals surface area (Å²) in [6.45, 7) is 1.78. The fourth-order valence-corrected chi connectivity index (χ4v) is 6.82. The molecule has 0 radical (unpaired) electrons. The molecule has 0 fully saturated rings. The number of nitrogens with zero attached hydrogens (tertiary/aromatic N) is 4. The van der Waals surface area contributed by atoms with E-state index in [-0.39, 0.29) is 12.2 Å². The summed E-state index contributed by atoms with van der Waals surface area (Å²) < 4.78 is 16.1. The molecule has 6 rings (SSSR count). The Morgan fingerprint density at radius 1 is 0.480 bits per heavy atom. The zero-order chi connectivity index (χ0) is 35.6. The van der Waals surface area contributed by atoms with Crippen LogP contribution in [0.5, 0.6) is 0 Å². The molecule has 0 N–H and O–H groups in total. The molecule has 50 heavy (non-hydrogen) atoms. The van der Waals surface area contributed by atoms with Gasteiger partial charge in [-0.05, 0) is 59.7 Å². The average Bonchev–Trinajstić information content (AvgIpc) is 3.78. The highest BCUT2D eigenvalue weighted by molar-refractivity contribution is 6.36. The predicted molar refractivity (Wildman–Crippen MR) is 205 cm³/mol. The van der Waals surface area contributed by atoms with Crippen molar-refractivity contribution in [3.05, 3.63) is 173 Å². The zero-order valence-electron chi connectivity index (χ0n) is 26.0. The van der Waals surface area contributed by atoms with Gasteiger partial charge in [0.25, 0.3) is 0 Å². The Labute approximate surface area is 330 Å². The molecule has 0 saturated heterocycles. The highest BCUT2D eigenvalue weighted by Crippen LogP contribution is 2.33. The Morgan fingerprint density at radius 3 is 1.16 bits per heavy atom. The first kappa shape index (κ1) is 38.8. The number of hydrogen-bond acceptors (Lipinski definition) is 4. The Balaban J connectivity index is 0.000000194. The van der Waals surface area contributed by atoms with Gasteiger partial charge in [-0.25, -0.2) is 9.97 Å². The number of ether oxygens (including phenoxy) is 2. The third-order valence-electron chi connectivity index (χ3n) is 7.40. The molecule has 260 valence electrons. The van der Waals surface area contributed by atoms with Gasteiger partial charge in [-0.15, -0.1) is 0 Å². The standard InChI is InChI=1S/2C18H14Cl4N2O/c2*19-13-2-1-12(16(21)7-13)10-25-18(9-24-6-5-23-11-24)15-4-3-14(20)8-17(15)22/h2*1-8,11,18H,9-10H2. The van der Waals surface area contributed by atoms with E-state index < -0.39 is 0 Å². The van der Waals surface area contributed by atoms with Crippen LogP contribution in [0.4, 0.5) is 0 Å². The van der Waals surface area contributed by atoms with Crippen molar-refractivity contribution in [2.45, 2.75) is 38.5 Å². The molecule has 2 heterocycles. The van der Waals surface area contributed by atoms with Gasteiger partial charge in [0, 0.05) is 76.1 Å². The van der Waals surface area contributed by atoms with Crippen molar-refractivity contribution in [2.24, 2.45) is 0 Å². The zero-order valence-corrected chi connectivity index (χ0v) is 32.1. The Morgan fingerprint density at radius 2 is 0.840 bits per heavy atom. The van der Waals surface area contributed by atoms with Crippen LogP contribution < -0.4 is 0 Å². The van der Waals surface area contributed by atoms with Crippen molar-refractivity contribution >= 4 is 92.8 Å². The van der Waals surface area contributed by atoms with Crippen molar-refractivity contribution in [1.82, 2.24) is 19.1 Å². The topological polar surface area (TPSA) is 54.1 Å². The number of hydrogen-bond donors (Lipinski definition) is 0. The number of imidazole rings is 2. The summed E-state index contributed by atoms with van der Waals surface area (Å²) >= 11 is 49.1. The average molecular weight is 832 g/mol. The lowest BCUT2D eigenvalue weighted by Gasteiger charge is -2.21. The van der Waals surface area contributed by atoms with Crippen LogP contribution in [0.1, 0.15) is 34.5 Å². The van der Waals surface area contributed by atoms with E-state index in [1.54, 1.807) is 73.6 Å². The van der Waals surface area contributed by atoms with Gasteiger partial charge in [0.1, 0.15) is 12.2 Å². The van der Waals surface area contributed by atoms with Gasteiger partial charge in [-0.1, -0.05) is 117 Å². The van der Waals surface area contributed by atoms with E-state index in [0.29, 0.717) is 66.5 Å². The Hall–Kier alpha value is -2.46. The third kappa shape index (κ3) is 11.3. The summed E-state index contributed by atoms with van der Waals surface area (Å²) in [4.78, 5) is 8.13. The van der Waals surface area contributed by atoms with Crippen LogP contribution in [0.2, 0.25) is 40.2 Å². The molecule has 2 unspecified atom stereocenters. The minimum atomic E-state index is -0.286. The summed E-state index contributed by atoms with van der Waals surface area (Å²) in [5.41, 5.74) is 3.41. The van der Waals surface area contributed by atoms with Crippen LogP contribution in [-0.4, -0.2) is 19.1 Å². The lowest BCUT2D eigenvalue weighted by atomic mass is 10.1. The predicted octanol–water partition coefficient (Wildman–Crippen LogP) is 12.9. The largest absolute Gasteiger partial charge is 0.367 e. The van der Waals surface area contributed by atoms with Gasteiger partial charge >= 0.3 is 0 Å². The van der Waals surface area contributed by atoms with E-state index in [1.165, 1.54) is 0 Å². The molecule has 2 atom stereocenters. The van der Waals surface area contributed by atoms with Crippen LogP contribution >= 0.6 is 92.8 Å². The molecule has 0 amide bonds. The maximum Gasteiger partial charge on any atom is 0.102 e. The maximum atomic E-state index is 6.37. The minimum Gasteiger partial charge on any atom is -0.367 e. The van der Waals surface area contributed by atoms with Crippen LogP contribution in [0.3, 0.4) is 0 Å². The highest BCUT2D eigenvalue weighted by Gasteiger charge is 2.19. The molecule has 0 bridgehead atoms. The molecular weight excluding hydrogens is 804 g/mol. The summed E-state index contributed by atoms with van der Waals surface area (Å²) in [7, 11) is 0. The smallest absolute Gasteiger partial charge is 0.102 e. The van der Waals surface area contributed by atoms with Gasteiger partial charge < -0.3 is 18.6 Å². The fourth-order valence-electron chi connectivity index (χ4n) is 4.84. The van der Waals surface area contributed by atoms with Crippen molar-refractivity contribution in [1.29, 1.82) is 0 Å². The molecule has 0 aliphatic heterocycles. The van der Waals surface area contributed by atoms with Gasteiger partial charge in [-0.3, -0.25) is 0 Å². The van der Waals surface area contributed by atoms with Gasteiger partial charge in [0.15, 0.2) is 0 Å². The summed E-state index contributed by atoms with van der Waals surface area (Å²) in [5, 5.41) is 4.58. The molecule has 4 aromatic carbocycles. The summed E-state index contributed by atoms with van der Waals surface area (Å²) in [5.74, 6) is 0. The van der Waals surface area contributed by atoms with Crippen molar-refractivity contribution in [3.63, 3.8) is 0 Å². The second kappa shape index (κ2) is 18.9. The van der Waals surface area contributed by atoms with Gasteiger partial charge in [0.05, 0.1) is 39.0 Å². The quantitative estimate of drug-likeness (QED) is 0.123. The first-order valence-corrected chi connectivity index (χ1v) is 18.0. The first-order chi connectivity index (χ1) is 24.0. The molecule has 0 aliphatic carbocycles. The van der Waals surface area contributed by atoms with Crippen LogP contribution in [0, 0.1) is 0 Å². The molecule has 0 saturated carbocycles. The lowest BCUT2D eigenvalue weighted by molar-refractivity contribution is 0.0280. The highest BCUT2D eigenvalue weighted by atomic mass is 35.5. The molecular formula is C36H28Cl8N4O2. The number of aromatic nitrogens is 4. The van der Waals surface area contributed by atoms with E-state index >= 15 is 0 Å². The van der Waals surface area contributed by atoms with E-state index in [2.05, 4.69) is 9.97 Å². The third-order valence-corrected chi connectivity index (χ3v) is 9.70. The van der Waals surface area contributed by atoms with Crippen molar-refractivity contribution in [2.75, 3.05) is 0 Å². The molecule has 2 aromatic heterocycles. The second-order valence-corrected chi connectivity index (χ2v) is 14.3. The van der Waals surface area contributed by atoms with E-state index in [4.69, 9.17) is 102 Å². The number of halogens is 8. The van der Waals surface area contributed by atoms with Crippen molar-refractivity contribution in [3.8, 4) is 0 Å². The minimum absolute atomic E-state index is 0.286. The van der Waals surface area contributed by atoms with Crippen molar-refractivity contribution < 1.29 is 9.47 Å². The number of rotatable bonds is 12. The monoisotopic (exact) mass is 828 g/mol. The van der Waals surface area contributed by atoms with E-state index in [0.717, 1.165) is 22.3 Å².